The Hall–Kier alpha value is -3.58. The molecule has 2 aromatic heterocycles. The number of nitrogens with zero attached hydrogens (tertiary/aromatic N) is 3. The lowest BCUT2D eigenvalue weighted by Crippen LogP contribution is -2.49. The van der Waals surface area contributed by atoms with Gasteiger partial charge in [-0.3, -0.25) is 4.79 Å². The smallest absolute Gasteiger partial charge is 0.272 e. The number of aromatic nitrogens is 1. The monoisotopic (exact) mass is 464 g/mol. The predicted octanol–water partition coefficient (Wildman–Crippen LogP) is 5.63. The van der Waals surface area contributed by atoms with E-state index in [2.05, 4.69) is 22.1 Å². The third-order valence-electron chi connectivity index (χ3n) is 5.86. The van der Waals surface area contributed by atoms with E-state index in [-0.39, 0.29) is 11.7 Å². The molecule has 0 radical (unpaired) electrons. The molecule has 4 aromatic rings. The number of piperazine rings is 1. The first-order chi connectivity index (χ1) is 16.0. The summed E-state index contributed by atoms with van der Waals surface area (Å²) in [5.74, 6) is 0.0142. The number of benzene rings is 2. The minimum atomic E-state index is -0.321. The van der Waals surface area contributed by atoms with Crippen molar-refractivity contribution in [1.29, 1.82) is 0 Å². The first-order valence-corrected chi connectivity index (χ1v) is 11.1. The number of anilines is 3. The van der Waals surface area contributed by atoms with E-state index in [1.54, 1.807) is 35.4 Å². The molecule has 33 heavy (non-hydrogen) atoms. The fraction of sp³-hybridized carbons (Fsp3) is 0.200. The minimum Gasteiger partial charge on any atom is -0.464 e. The molecule has 0 atom stereocenters. The fourth-order valence-electron chi connectivity index (χ4n) is 4.08. The molecule has 3 heterocycles. The van der Waals surface area contributed by atoms with Crippen molar-refractivity contribution in [2.75, 3.05) is 36.4 Å². The third kappa shape index (κ3) is 4.36. The third-order valence-corrected chi connectivity index (χ3v) is 6.09. The Kier molecular flexibility index (Phi) is 5.64. The number of hydrogen-bond donors (Lipinski definition) is 1. The van der Waals surface area contributed by atoms with E-state index in [1.165, 1.54) is 12.1 Å². The van der Waals surface area contributed by atoms with Gasteiger partial charge in [0.15, 0.2) is 0 Å². The molecule has 6 nitrogen and oxygen atoms in total. The second-order valence-electron chi connectivity index (χ2n) is 8.03. The average Bonchev–Trinajstić information content (AvgIpc) is 3.31. The number of amides is 1. The number of aryl methyl sites for hydroxylation is 1. The molecule has 0 saturated carbocycles. The lowest BCUT2D eigenvalue weighted by Gasteiger charge is -2.36. The molecule has 0 unspecified atom stereocenters. The number of halogens is 2. The van der Waals surface area contributed by atoms with Crippen LogP contribution in [0.25, 0.3) is 11.0 Å². The highest BCUT2D eigenvalue weighted by Gasteiger charge is 2.25. The van der Waals surface area contributed by atoms with Gasteiger partial charge in [0.1, 0.15) is 22.9 Å². The molecule has 5 rings (SSSR count). The van der Waals surface area contributed by atoms with Gasteiger partial charge in [-0.15, -0.1) is 0 Å². The number of carbonyl (C=O) groups is 1. The molecule has 1 fully saturated rings. The Labute approximate surface area is 195 Å². The van der Waals surface area contributed by atoms with Crippen LogP contribution in [0.2, 0.25) is 5.02 Å². The highest BCUT2D eigenvalue weighted by molar-refractivity contribution is 6.30. The van der Waals surface area contributed by atoms with Crippen molar-refractivity contribution in [2.45, 2.75) is 6.92 Å². The van der Waals surface area contributed by atoms with Crippen LogP contribution in [-0.4, -0.2) is 42.0 Å². The van der Waals surface area contributed by atoms with Crippen molar-refractivity contribution in [3.63, 3.8) is 0 Å². The van der Waals surface area contributed by atoms with Crippen molar-refractivity contribution in [1.82, 2.24) is 9.88 Å². The summed E-state index contributed by atoms with van der Waals surface area (Å²) < 4.78 is 18.8. The summed E-state index contributed by atoms with van der Waals surface area (Å²) >= 11 is 6.18. The number of furan rings is 1. The van der Waals surface area contributed by atoms with Crippen molar-refractivity contribution in [3.05, 3.63) is 83.0 Å². The number of hydrogen-bond acceptors (Lipinski definition) is 5. The Balaban J connectivity index is 1.35. The summed E-state index contributed by atoms with van der Waals surface area (Å²) in [6.45, 7) is 4.61. The van der Waals surface area contributed by atoms with Gasteiger partial charge in [-0.2, -0.15) is 0 Å². The Bertz CT molecular complexity index is 1310. The first kappa shape index (κ1) is 21.3. The summed E-state index contributed by atoms with van der Waals surface area (Å²) in [7, 11) is 0. The zero-order valence-electron chi connectivity index (χ0n) is 18.0. The molecular weight excluding hydrogens is 443 g/mol. The topological polar surface area (TPSA) is 61.6 Å². The molecule has 1 aliphatic rings. The van der Waals surface area contributed by atoms with Gasteiger partial charge >= 0.3 is 0 Å². The molecule has 1 aliphatic heterocycles. The average molecular weight is 465 g/mol. The van der Waals surface area contributed by atoms with Gasteiger partial charge in [0.05, 0.1) is 11.6 Å². The molecule has 1 saturated heterocycles. The predicted molar refractivity (Wildman–Crippen MR) is 128 cm³/mol. The van der Waals surface area contributed by atoms with Gasteiger partial charge < -0.3 is 19.5 Å². The summed E-state index contributed by atoms with van der Waals surface area (Å²) in [5.41, 5.74) is 3.78. The van der Waals surface area contributed by atoms with Crippen LogP contribution in [-0.2, 0) is 0 Å². The molecule has 1 amide bonds. The van der Waals surface area contributed by atoms with Crippen molar-refractivity contribution < 1.29 is 13.6 Å². The lowest BCUT2D eigenvalue weighted by molar-refractivity contribution is 0.0741. The van der Waals surface area contributed by atoms with E-state index >= 15 is 0 Å². The standard InChI is InChI=1S/C25H22ClFN4O2/c1-16-2-3-17(26)14-22(16)30-9-11-31(12-10-30)25(32)21-15-23-20(8-13-33-23)24(29-21)28-19-6-4-18(27)5-7-19/h2-8,13-15H,9-12H2,1H3,(H,28,29). The van der Waals surface area contributed by atoms with Gasteiger partial charge in [-0.1, -0.05) is 17.7 Å². The summed E-state index contributed by atoms with van der Waals surface area (Å²) in [4.78, 5) is 21.9. The quantitative estimate of drug-likeness (QED) is 0.424. The van der Waals surface area contributed by atoms with E-state index in [1.807, 2.05) is 18.2 Å². The maximum absolute atomic E-state index is 13.3. The van der Waals surface area contributed by atoms with Crippen molar-refractivity contribution >= 4 is 45.7 Å². The number of rotatable bonds is 4. The van der Waals surface area contributed by atoms with Crippen LogP contribution in [0, 0.1) is 12.7 Å². The van der Waals surface area contributed by atoms with Gasteiger partial charge in [-0.05, 0) is 55.0 Å². The van der Waals surface area contributed by atoms with Crippen LogP contribution < -0.4 is 10.2 Å². The van der Waals surface area contributed by atoms with Gasteiger partial charge in [-0.25, -0.2) is 9.37 Å². The van der Waals surface area contributed by atoms with E-state index in [0.717, 1.165) is 16.6 Å². The second kappa shape index (κ2) is 8.75. The van der Waals surface area contributed by atoms with Crippen molar-refractivity contribution in [2.24, 2.45) is 0 Å². The van der Waals surface area contributed by atoms with Crippen LogP contribution in [0.15, 0.2) is 65.3 Å². The molecule has 1 N–H and O–H groups in total. The summed E-state index contributed by atoms with van der Waals surface area (Å²) in [6, 6.07) is 15.3. The maximum Gasteiger partial charge on any atom is 0.272 e. The lowest BCUT2D eigenvalue weighted by atomic mass is 10.1. The summed E-state index contributed by atoms with van der Waals surface area (Å²) in [6.07, 6.45) is 1.56. The van der Waals surface area contributed by atoms with Gasteiger partial charge in [0.2, 0.25) is 0 Å². The highest BCUT2D eigenvalue weighted by atomic mass is 35.5. The minimum absolute atomic E-state index is 0.155. The molecular formula is C25H22ClFN4O2. The van der Waals surface area contributed by atoms with Crippen molar-refractivity contribution in [3.8, 4) is 0 Å². The highest BCUT2D eigenvalue weighted by Crippen LogP contribution is 2.28. The van der Waals surface area contributed by atoms with Crippen LogP contribution in [0.3, 0.4) is 0 Å². The SMILES string of the molecule is Cc1ccc(Cl)cc1N1CCN(C(=O)c2cc3occc3c(Nc3ccc(F)cc3)n2)CC1. The normalized spacial score (nSPS) is 14.0. The molecule has 0 spiro atoms. The molecule has 0 bridgehead atoms. The van der Waals surface area contributed by atoms with Gasteiger partial charge in [0, 0.05) is 48.6 Å². The van der Waals surface area contributed by atoms with E-state index in [9.17, 15) is 9.18 Å². The molecule has 2 aromatic carbocycles. The zero-order valence-corrected chi connectivity index (χ0v) is 18.8. The van der Waals surface area contributed by atoms with Gasteiger partial charge in [0.25, 0.3) is 5.91 Å². The Morgan fingerprint density at radius 3 is 2.58 bits per heavy atom. The van der Waals surface area contributed by atoms with E-state index in [0.29, 0.717) is 54.0 Å². The van der Waals surface area contributed by atoms with Crippen LogP contribution >= 0.6 is 11.6 Å². The first-order valence-electron chi connectivity index (χ1n) is 10.7. The fourth-order valence-corrected chi connectivity index (χ4v) is 4.24. The largest absolute Gasteiger partial charge is 0.464 e. The Morgan fingerprint density at radius 2 is 1.82 bits per heavy atom. The molecule has 168 valence electrons. The van der Waals surface area contributed by atoms with Crippen LogP contribution in [0.4, 0.5) is 21.6 Å². The number of nitrogens with one attached hydrogen (secondary N) is 1. The Morgan fingerprint density at radius 1 is 1.06 bits per heavy atom. The second-order valence-corrected chi connectivity index (χ2v) is 8.47. The number of fused-ring (bicyclic) bond motifs is 1. The van der Waals surface area contributed by atoms with Crippen LogP contribution in [0.1, 0.15) is 16.1 Å². The zero-order chi connectivity index (χ0) is 22.9. The number of pyridine rings is 1. The number of carbonyl (C=O) groups excluding carboxylic acids is 1. The summed E-state index contributed by atoms with van der Waals surface area (Å²) in [5, 5.41) is 4.62. The van der Waals surface area contributed by atoms with E-state index < -0.39 is 0 Å². The van der Waals surface area contributed by atoms with Crippen LogP contribution in [0.5, 0.6) is 0 Å². The maximum atomic E-state index is 13.3. The van der Waals surface area contributed by atoms with E-state index in [4.69, 9.17) is 16.0 Å². The molecule has 0 aliphatic carbocycles. The molecule has 8 heteroatoms.